The second-order valence-electron chi connectivity index (χ2n) is 8.45. The first-order valence-electron chi connectivity index (χ1n) is 11.1. The van der Waals surface area contributed by atoms with Crippen molar-refractivity contribution in [2.75, 3.05) is 31.5 Å². The van der Waals surface area contributed by atoms with Crippen molar-refractivity contribution in [3.05, 3.63) is 64.4 Å². The number of anilines is 1. The Labute approximate surface area is 193 Å². The van der Waals surface area contributed by atoms with Crippen molar-refractivity contribution in [3.8, 4) is 5.75 Å². The number of amides is 2. The van der Waals surface area contributed by atoms with Crippen LogP contribution >= 0.6 is 11.6 Å². The molecule has 2 aliphatic heterocycles. The number of carbonyl (C=O) groups excluding carboxylic acids is 2. The van der Waals surface area contributed by atoms with Crippen molar-refractivity contribution in [3.63, 3.8) is 0 Å². The van der Waals surface area contributed by atoms with Gasteiger partial charge < -0.3 is 20.3 Å². The van der Waals surface area contributed by atoms with Crippen molar-refractivity contribution >= 4 is 35.2 Å². The van der Waals surface area contributed by atoms with E-state index in [4.69, 9.17) is 16.3 Å². The van der Waals surface area contributed by atoms with Crippen molar-refractivity contribution in [1.82, 2.24) is 10.2 Å². The standard InChI is InChI=1S/C25H28ClN3O3/c1-17-6-4-12-29(16-17)13-5-11-27-24(30)19-9-10-22-21(14-19)28-25(31)23(32-22)15-18-7-2-3-8-20(18)26/h2-3,7-10,14-15,17H,4-6,11-13,16H2,1H3,(H,27,30)(H,28,31)/b23-15-/t17-/m0/s1. The van der Waals surface area contributed by atoms with Gasteiger partial charge in [-0.3, -0.25) is 9.59 Å². The minimum atomic E-state index is -0.384. The highest BCUT2D eigenvalue weighted by Crippen LogP contribution is 2.33. The van der Waals surface area contributed by atoms with Crippen molar-refractivity contribution < 1.29 is 14.3 Å². The van der Waals surface area contributed by atoms with Crippen LogP contribution in [-0.4, -0.2) is 42.9 Å². The average molecular weight is 454 g/mol. The summed E-state index contributed by atoms with van der Waals surface area (Å²) in [7, 11) is 0. The van der Waals surface area contributed by atoms with Gasteiger partial charge in [-0.25, -0.2) is 0 Å². The van der Waals surface area contributed by atoms with E-state index in [0.717, 1.165) is 32.0 Å². The lowest BCUT2D eigenvalue weighted by Crippen LogP contribution is -2.36. The van der Waals surface area contributed by atoms with Crippen LogP contribution < -0.4 is 15.4 Å². The van der Waals surface area contributed by atoms with Gasteiger partial charge in [0.05, 0.1) is 5.69 Å². The molecule has 2 heterocycles. The molecule has 2 aliphatic rings. The van der Waals surface area contributed by atoms with Crippen molar-refractivity contribution in [2.24, 2.45) is 5.92 Å². The number of hydrogen-bond acceptors (Lipinski definition) is 4. The van der Waals surface area contributed by atoms with E-state index >= 15 is 0 Å². The van der Waals surface area contributed by atoms with Gasteiger partial charge in [-0.15, -0.1) is 0 Å². The first-order valence-corrected chi connectivity index (χ1v) is 11.5. The number of nitrogens with zero attached hydrogens (tertiary/aromatic N) is 1. The average Bonchev–Trinajstić information content (AvgIpc) is 2.78. The zero-order chi connectivity index (χ0) is 22.5. The second-order valence-corrected chi connectivity index (χ2v) is 8.86. The van der Waals surface area contributed by atoms with Crippen LogP contribution in [0.25, 0.3) is 6.08 Å². The lowest BCUT2D eigenvalue weighted by Gasteiger charge is -2.30. The summed E-state index contributed by atoms with van der Waals surface area (Å²) in [5, 5.41) is 6.30. The predicted molar refractivity (Wildman–Crippen MR) is 127 cm³/mol. The molecule has 0 unspecified atom stereocenters. The zero-order valence-corrected chi connectivity index (χ0v) is 19.0. The Morgan fingerprint density at radius 3 is 2.97 bits per heavy atom. The summed E-state index contributed by atoms with van der Waals surface area (Å²) in [6, 6.07) is 12.2. The van der Waals surface area contributed by atoms with E-state index in [1.807, 2.05) is 12.1 Å². The van der Waals surface area contributed by atoms with Crippen LogP contribution in [-0.2, 0) is 4.79 Å². The van der Waals surface area contributed by atoms with Gasteiger partial charge in [0.2, 0.25) is 0 Å². The normalized spacial score (nSPS) is 19.8. The minimum absolute atomic E-state index is 0.148. The molecule has 2 N–H and O–H groups in total. The topological polar surface area (TPSA) is 70.7 Å². The minimum Gasteiger partial charge on any atom is -0.449 e. The monoisotopic (exact) mass is 453 g/mol. The molecule has 1 atom stereocenters. The van der Waals surface area contributed by atoms with E-state index in [1.165, 1.54) is 12.8 Å². The number of piperidine rings is 1. The van der Waals surface area contributed by atoms with E-state index in [-0.39, 0.29) is 17.6 Å². The first kappa shape index (κ1) is 22.4. The number of benzene rings is 2. The highest BCUT2D eigenvalue weighted by Gasteiger charge is 2.23. The lowest BCUT2D eigenvalue weighted by atomic mass is 10.0. The molecule has 2 amide bonds. The maximum absolute atomic E-state index is 12.6. The van der Waals surface area contributed by atoms with E-state index in [0.29, 0.717) is 34.1 Å². The fraction of sp³-hybridized carbons (Fsp3) is 0.360. The van der Waals surface area contributed by atoms with Crippen LogP contribution in [0.15, 0.2) is 48.2 Å². The molecule has 2 aromatic carbocycles. The third kappa shape index (κ3) is 5.50. The smallest absolute Gasteiger partial charge is 0.291 e. The van der Waals surface area contributed by atoms with Crippen LogP contribution in [0.2, 0.25) is 5.02 Å². The number of halogens is 1. The number of rotatable bonds is 6. The van der Waals surface area contributed by atoms with E-state index in [9.17, 15) is 9.59 Å². The number of nitrogens with one attached hydrogen (secondary N) is 2. The van der Waals surface area contributed by atoms with E-state index in [1.54, 1.807) is 36.4 Å². The molecular formula is C25H28ClN3O3. The first-order chi connectivity index (χ1) is 15.5. The van der Waals surface area contributed by atoms with Gasteiger partial charge in [0.1, 0.15) is 0 Å². The Bertz CT molecular complexity index is 1040. The van der Waals surface area contributed by atoms with Crippen LogP contribution in [0, 0.1) is 5.92 Å². The molecule has 0 aromatic heterocycles. The highest BCUT2D eigenvalue weighted by molar-refractivity contribution is 6.32. The number of likely N-dealkylation sites (tertiary alicyclic amines) is 1. The fourth-order valence-electron chi connectivity index (χ4n) is 4.13. The Morgan fingerprint density at radius 2 is 2.16 bits per heavy atom. The summed E-state index contributed by atoms with van der Waals surface area (Å²) in [6.07, 6.45) is 5.08. The maximum Gasteiger partial charge on any atom is 0.291 e. The summed E-state index contributed by atoms with van der Waals surface area (Å²) in [4.78, 5) is 27.5. The Hall–Kier alpha value is -2.83. The zero-order valence-electron chi connectivity index (χ0n) is 18.2. The Kier molecular flexibility index (Phi) is 7.12. The van der Waals surface area contributed by atoms with Gasteiger partial charge in [-0.1, -0.05) is 36.7 Å². The Balaban J connectivity index is 1.34. The van der Waals surface area contributed by atoms with Gasteiger partial charge in [0, 0.05) is 23.7 Å². The van der Waals surface area contributed by atoms with Gasteiger partial charge in [0.15, 0.2) is 11.5 Å². The fourth-order valence-corrected chi connectivity index (χ4v) is 4.32. The predicted octanol–water partition coefficient (Wildman–Crippen LogP) is 4.56. The molecule has 6 nitrogen and oxygen atoms in total. The van der Waals surface area contributed by atoms with Crippen LogP contribution in [0.5, 0.6) is 5.75 Å². The molecule has 0 bridgehead atoms. The molecule has 1 saturated heterocycles. The molecule has 32 heavy (non-hydrogen) atoms. The SMILES string of the molecule is C[C@H]1CCCN(CCCNC(=O)c2ccc3c(c2)NC(=O)/C(=C/c2ccccc2Cl)O3)C1. The molecular weight excluding hydrogens is 426 g/mol. The summed E-state index contributed by atoms with van der Waals surface area (Å²) in [6.45, 7) is 6.21. The van der Waals surface area contributed by atoms with Gasteiger partial charge >= 0.3 is 0 Å². The second kappa shape index (κ2) is 10.2. The molecule has 2 aromatic rings. The Morgan fingerprint density at radius 1 is 1.31 bits per heavy atom. The largest absolute Gasteiger partial charge is 0.449 e. The summed E-state index contributed by atoms with van der Waals surface area (Å²) in [5.41, 5.74) is 1.65. The number of carbonyl (C=O) groups is 2. The van der Waals surface area contributed by atoms with Crippen LogP contribution in [0.4, 0.5) is 5.69 Å². The molecule has 0 spiro atoms. The summed E-state index contributed by atoms with van der Waals surface area (Å²) in [5.74, 6) is 0.844. The number of ether oxygens (including phenoxy) is 1. The van der Waals surface area contributed by atoms with Gasteiger partial charge in [-0.2, -0.15) is 0 Å². The molecule has 1 fully saturated rings. The van der Waals surface area contributed by atoms with Crippen LogP contribution in [0.3, 0.4) is 0 Å². The quantitative estimate of drug-likeness (QED) is 0.496. The van der Waals surface area contributed by atoms with E-state index in [2.05, 4.69) is 22.5 Å². The number of hydrogen-bond donors (Lipinski definition) is 2. The van der Waals surface area contributed by atoms with Crippen molar-refractivity contribution in [2.45, 2.75) is 26.2 Å². The molecule has 7 heteroatoms. The summed E-state index contributed by atoms with van der Waals surface area (Å²) < 4.78 is 5.77. The van der Waals surface area contributed by atoms with Crippen molar-refractivity contribution in [1.29, 1.82) is 0 Å². The molecule has 0 radical (unpaired) electrons. The molecule has 0 aliphatic carbocycles. The van der Waals surface area contributed by atoms with Gasteiger partial charge in [0.25, 0.3) is 11.8 Å². The third-order valence-corrected chi connectivity index (χ3v) is 6.15. The summed E-state index contributed by atoms with van der Waals surface area (Å²) >= 11 is 6.17. The molecule has 4 rings (SSSR count). The van der Waals surface area contributed by atoms with E-state index < -0.39 is 0 Å². The molecule has 168 valence electrons. The maximum atomic E-state index is 12.6. The van der Waals surface area contributed by atoms with Gasteiger partial charge in [-0.05, 0) is 74.2 Å². The van der Waals surface area contributed by atoms with Crippen LogP contribution in [0.1, 0.15) is 42.1 Å². The number of fused-ring (bicyclic) bond motifs is 1. The lowest BCUT2D eigenvalue weighted by molar-refractivity contribution is -0.115. The highest BCUT2D eigenvalue weighted by atomic mass is 35.5. The third-order valence-electron chi connectivity index (χ3n) is 5.80. The molecule has 0 saturated carbocycles.